The topological polar surface area (TPSA) is 32.5 Å². The predicted octanol–water partition coefficient (Wildman–Crippen LogP) is 2.44. The van der Waals surface area contributed by atoms with Crippen molar-refractivity contribution in [3.05, 3.63) is 28.2 Å². The van der Waals surface area contributed by atoms with E-state index in [1.165, 1.54) is 25.1 Å². The van der Waals surface area contributed by atoms with Crippen LogP contribution in [0, 0.1) is 0 Å². The SMILES string of the molecule is CN1CCCC(N(C)c2ccc(CN)c(Br)c2)C1. The van der Waals surface area contributed by atoms with Gasteiger partial charge in [0.2, 0.25) is 0 Å². The van der Waals surface area contributed by atoms with Crippen LogP contribution in [0.5, 0.6) is 0 Å². The molecule has 0 spiro atoms. The number of halogens is 1. The van der Waals surface area contributed by atoms with Gasteiger partial charge < -0.3 is 15.5 Å². The molecule has 0 aliphatic carbocycles. The maximum atomic E-state index is 5.69. The largest absolute Gasteiger partial charge is 0.370 e. The summed E-state index contributed by atoms with van der Waals surface area (Å²) in [5, 5.41) is 0. The summed E-state index contributed by atoms with van der Waals surface area (Å²) in [5.74, 6) is 0. The normalized spacial score (nSPS) is 21.0. The third-order valence-corrected chi connectivity index (χ3v) is 4.55. The molecule has 2 N–H and O–H groups in total. The Morgan fingerprint density at radius 3 is 2.89 bits per heavy atom. The average molecular weight is 312 g/mol. The zero-order valence-corrected chi connectivity index (χ0v) is 12.8. The van der Waals surface area contributed by atoms with Crippen molar-refractivity contribution in [2.75, 3.05) is 32.1 Å². The van der Waals surface area contributed by atoms with Crippen molar-refractivity contribution in [3.8, 4) is 0 Å². The number of anilines is 1. The number of hydrogen-bond donors (Lipinski definition) is 1. The smallest absolute Gasteiger partial charge is 0.0414 e. The lowest BCUT2D eigenvalue weighted by atomic mass is 10.0. The molecule has 0 saturated carbocycles. The number of nitrogens with zero attached hydrogens (tertiary/aromatic N) is 2. The summed E-state index contributed by atoms with van der Waals surface area (Å²) in [6.07, 6.45) is 2.56. The molecule has 1 heterocycles. The highest BCUT2D eigenvalue weighted by atomic mass is 79.9. The molecule has 1 aromatic carbocycles. The van der Waals surface area contributed by atoms with E-state index in [-0.39, 0.29) is 0 Å². The van der Waals surface area contributed by atoms with Crippen molar-refractivity contribution >= 4 is 21.6 Å². The standard InChI is InChI=1S/C14H22BrN3/c1-17-7-3-4-13(10-17)18(2)12-6-5-11(9-16)14(15)8-12/h5-6,8,13H,3-4,7,9-10,16H2,1-2H3. The van der Waals surface area contributed by atoms with Gasteiger partial charge in [0.1, 0.15) is 0 Å². The van der Waals surface area contributed by atoms with E-state index in [1.54, 1.807) is 0 Å². The summed E-state index contributed by atoms with van der Waals surface area (Å²) in [4.78, 5) is 4.80. The molecule has 1 aliphatic heterocycles. The maximum absolute atomic E-state index is 5.69. The molecule has 18 heavy (non-hydrogen) atoms. The molecular weight excluding hydrogens is 290 g/mol. The Kier molecular flexibility index (Phi) is 4.65. The lowest BCUT2D eigenvalue weighted by Gasteiger charge is -2.37. The zero-order chi connectivity index (χ0) is 13.1. The van der Waals surface area contributed by atoms with Crippen LogP contribution < -0.4 is 10.6 Å². The van der Waals surface area contributed by atoms with Crippen LogP contribution in [-0.2, 0) is 6.54 Å². The Hall–Kier alpha value is -0.580. The van der Waals surface area contributed by atoms with Gasteiger partial charge >= 0.3 is 0 Å². The maximum Gasteiger partial charge on any atom is 0.0414 e. The van der Waals surface area contributed by atoms with E-state index in [0.29, 0.717) is 12.6 Å². The molecule has 1 fully saturated rings. The van der Waals surface area contributed by atoms with Gasteiger partial charge in [-0.15, -0.1) is 0 Å². The average Bonchev–Trinajstić information content (AvgIpc) is 2.37. The highest BCUT2D eigenvalue weighted by Gasteiger charge is 2.21. The summed E-state index contributed by atoms with van der Waals surface area (Å²) in [6, 6.07) is 7.07. The van der Waals surface area contributed by atoms with E-state index in [0.717, 1.165) is 16.6 Å². The molecule has 1 atom stereocenters. The van der Waals surface area contributed by atoms with Crippen molar-refractivity contribution in [2.24, 2.45) is 5.73 Å². The van der Waals surface area contributed by atoms with Crippen molar-refractivity contribution in [2.45, 2.75) is 25.4 Å². The Bertz CT molecular complexity index is 408. The summed E-state index contributed by atoms with van der Waals surface area (Å²) < 4.78 is 1.11. The molecule has 3 nitrogen and oxygen atoms in total. The number of likely N-dealkylation sites (tertiary alicyclic amines) is 1. The molecule has 1 aromatic rings. The lowest BCUT2D eigenvalue weighted by Crippen LogP contribution is -2.45. The Balaban J connectivity index is 2.12. The van der Waals surface area contributed by atoms with Crippen molar-refractivity contribution in [3.63, 3.8) is 0 Å². The minimum Gasteiger partial charge on any atom is -0.370 e. The van der Waals surface area contributed by atoms with Gasteiger partial charge in [-0.2, -0.15) is 0 Å². The first-order valence-electron chi connectivity index (χ1n) is 6.51. The number of likely N-dealkylation sites (N-methyl/N-ethyl adjacent to an activating group) is 2. The Morgan fingerprint density at radius 1 is 1.50 bits per heavy atom. The summed E-state index contributed by atoms with van der Waals surface area (Å²) in [5.41, 5.74) is 8.11. The van der Waals surface area contributed by atoms with Crippen LogP contribution >= 0.6 is 15.9 Å². The highest BCUT2D eigenvalue weighted by Crippen LogP contribution is 2.26. The van der Waals surface area contributed by atoms with Crippen LogP contribution in [0.1, 0.15) is 18.4 Å². The van der Waals surface area contributed by atoms with Crippen LogP contribution in [-0.4, -0.2) is 38.1 Å². The second kappa shape index (κ2) is 6.04. The molecule has 0 amide bonds. The number of rotatable bonds is 3. The minimum atomic E-state index is 0.580. The summed E-state index contributed by atoms with van der Waals surface area (Å²) >= 11 is 3.59. The molecule has 4 heteroatoms. The fourth-order valence-electron chi connectivity index (χ4n) is 2.59. The molecule has 1 saturated heterocycles. The predicted molar refractivity (Wildman–Crippen MR) is 81.0 cm³/mol. The number of nitrogens with two attached hydrogens (primary N) is 1. The first-order valence-corrected chi connectivity index (χ1v) is 7.31. The van der Waals surface area contributed by atoms with Crippen LogP contribution in [0.2, 0.25) is 0 Å². The van der Waals surface area contributed by atoms with E-state index in [2.05, 4.69) is 58.0 Å². The first kappa shape index (κ1) is 13.8. The van der Waals surface area contributed by atoms with E-state index in [4.69, 9.17) is 5.73 Å². The van der Waals surface area contributed by atoms with Gasteiger partial charge in [0.15, 0.2) is 0 Å². The van der Waals surface area contributed by atoms with Crippen LogP contribution in [0.25, 0.3) is 0 Å². The molecule has 0 aromatic heterocycles. The third kappa shape index (κ3) is 3.05. The second-order valence-electron chi connectivity index (χ2n) is 5.15. The quantitative estimate of drug-likeness (QED) is 0.930. The molecular formula is C14H22BrN3. The molecule has 0 radical (unpaired) electrons. The highest BCUT2D eigenvalue weighted by molar-refractivity contribution is 9.10. The van der Waals surface area contributed by atoms with Gasteiger partial charge in [0.25, 0.3) is 0 Å². The van der Waals surface area contributed by atoms with Gasteiger partial charge in [0.05, 0.1) is 0 Å². The lowest BCUT2D eigenvalue weighted by molar-refractivity contribution is 0.248. The Labute approximate surface area is 118 Å². The van der Waals surface area contributed by atoms with Crippen LogP contribution in [0.15, 0.2) is 22.7 Å². The number of piperidine rings is 1. The van der Waals surface area contributed by atoms with E-state index < -0.39 is 0 Å². The third-order valence-electron chi connectivity index (χ3n) is 3.81. The van der Waals surface area contributed by atoms with Crippen LogP contribution in [0.4, 0.5) is 5.69 Å². The second-order valence-corrected chi connectivity index (χ2v) is 6.00. The molecule has 1 aliphatic rings. The summed E-state index contributed by atoms with van der Waals surface area (Å²) in [7, 11) is 4.39. The van der Waals surface area contributed by atoms with Crippen molar-refractivity contribution < 1.29 is 0 Å². The van der Waals surface area contributed by atoms with E-state index in [9.17, 15) is 0 Å². The number of hydrogen-bond acceptors (Lipinski definition) is 3. The number of benzene rings is 1. The first-order chi connectivity index (χ1) is 8.61. The van der Waals surface area contributed by atoms with Gasteiger partial charge in [-0.25, -0.2) is 0 Å². The molecule has 100 valence electrons. The molecule has 2 rings (SSSR count). The van der Waals surface area contributed by atoms with Crippen molar-refractivity contribution in [1.29, 1.82) is 0 Å². The van der Waals surface area contributed by atoms with Gasteiger partial charge in [-0.3, -0.25) is 0 Å². The van der Waals surface area contributed by atoms with E-state index >= 15 is 0 Å². The Morgan fingerprint density at radius 2 is 2.28 bits per heavy atom. The monoisotopic (exact) mass is 311 g/mol. The van der Waals surface area contributed by atoms with Crippen LogP contribution in [0.3, 0.4) is 0 Å². The summed E-state index contributed by atoms with van der Waals surface area (Å²) in [6.45, 7) is 2.95. The van der Waals surface area contributed by atoms with Crippen molar-refractivity contribution in [1.82, 2.24) is 4.90 Å². The molecule has 0 bridgehead atoms. The van der Waals surface area contributed by atoms with Gasteiger partial charge in [0, 0.05) is 36.3 Å². The molecule has 1 unspecified atom stereocenters. The van der Waals surface area contributed by atoms with E-state index in [1.807, 2.05) is 0 Å². The minimum absolute atomic E-state index is 0.580. The van der Waals surface area contributed by atoms with Gasteiger partial charge in [-0.05, 0) is 44.1 Å². The fraction of sp³-hybridized carbons (Fsp3) is 0.571. The van der Waals surface area contributed by atoms with Gasteiger partial charge in [-0.1, -0.05) is 22.0 Å². The zero-order valence-electron chi connectivity index (χ0n) is 11.2. The fourth-order valence-corrected chi connectivity index (χ4v) is 3.12.